The van der Waals surface area contributed by atoms with E-state index in [1.807, 2.05) is 30.3 Å². The number of benzene rings is 1. The summed E-state index contributed by atoms with van der Waals surface area (Å²) in [4.78, 5) is 17.2. The van der Waals surface area contributed by atoms with Crippen molar-refractivity contribution in [3.63, 3.8) is 0 Å². The summed E-state index contributed by atoms with van der Waals surface area (Å²) in [5.74, 6) is 0. The van der Waals surface area contributed by atoms with Crippen LogP contribution in [0.15, 0.2) is 41.3 Å². The molecular formula is C12H9ClN2O. The van der Waals surface area contributed by atoms with Crippen LogP contribution in [0, 0.1) is 0 Å². The molecule has 0 unspecified atom stereocenters. The molecule has 0 bridgehead atoms. The van der Waals surface area contributed by atoms with Crippen molar-refractivity contribution in [2.45, 2.75) is 0 Å². The van der Waals surface area contributed by atoms with Crippen molar-refractivity contribution in [2.24, 2.45) is 0 Å². The van der Waals surface area contributed by atoms with E-state index in [0.29, 0.717) is 10.7 Å². The van der Waals surface area contributed by atoms with Crippen molar-refractivity contribution in [3.8, 4) is 0 Å². The lowest BCUT2D eigenvalue weighted by Gasteiger charge is -1.93. The van der Waals surface area contributed by atoms with E-state index >= 15 is 0 Å². The van der Waals surface area contributed by atoms with Gasteiger partial charge < -0.3 is 4.98 Å². The number of rotatable bonds is 2. The van der Waals surface area contributed by atoms with Crippen LogP contribution in [0.3, 0.4) is 0 Å². The lowest BCUT2D eigenvalue weighted by molar-refractivity contribution is 1.06. The average molecular weight is 233 g/mol. The van der Waals surface area contributed by atoms with Crippen LogP contribution in [0.1, 0.15) is 11.3 Å². The third-order valence-electron chi connectivity index (χ3n) is 2.01. The standard InChI is InChI=1S/C12H9ClN2O/c13-10-4-1-9(2-5-10)3-6-11-7-8-14-12(16)15-11/h1-8H,(H,14,15,16)/b6-3+. The molecule has 1 N–H and O–H groups in total. The Hall–Kier alpha value is -1.87. The molecule has 1 heterocycles. The van der Waals surface area contributed by atoms with E-state index in [0.717, 1.165) is 5.56 Å². The Morgan fingerprint density at radius 1 is 1.12 bits per heavy atom. The summed E-state index contributed by atoms with van der Waals surface area (Å²) in [6, 6.07) is 9.14. The zero-order valence-electron chi connectivity index (χ0n) is 8.35. The number of hydrogen-bond acceptors (Lipinski definition) is 2. The molecule has 1 aromatic heterocycles. The first kappa shape index (κ1) is 10.6. The summed E-state index contributed by atoms with van der Waals surface area (Å²) < 4.78 is 0. The van der Waals surface area contributed by atoms with Gasteiger partial charge in [-0.15, -0.1) is 0 Å². The first-order valence-corrected chi connectivity index (χ1v) is 5.11. The van der Waals surface area contributed by atoms with Gasteiger partial charge in [0.15, 0.2) is 0 Å². The molecular weight excluding hydrogens is 224 g/mol. The predicted octanol–water partition coefficient (Wildman–Crippen LogP) is 2.59. The van der Waals surface area contributed by atoms with Gasteiger partial charge >= 0.3 is 5.69 Å². The maximum Gasteiger partial charge on any atom is 0.345 e. The normalized spacial score (nSPS) is 10.8. The van der Waals surface area contributed by atoms with Gasteiger partial charge in [0.05, 0.1) is 5.69 Å². The Bertz CT molecular complexity index is 558. The molecule has 0 aliphatic heterocycles. The number of nitrogens with one attached hydrogen (secondary N) is 1. The van der Waals surface area contributed by atoms with E-state index in [1.165, 1.54) is 0 Å². The fraction of sp³-hybridized carbons (Fsp3) is 0. The van der Waals surface area contributed by atoms with Crippen LogP contribution in [-0.4, -0.2) is 9.97 Å². The van der Waals surface area contributed by atoms with Gasteiger partial charge in [-0.1, -0.05) is 29.8 Å². The highest BCUT2D eigenvalue weighted by molar-refractivity contribution is 6.30. The molecule has 0 atom stereocenters. The number of aromatic amines is 1. The summed E-state index contributed by atoms with van der Waals surface area (Å²) in [5.41, 5.74) is 1.28. The molecule has 16 heavy (non-hydrogen) atoms. The topological polar surface area (TPSA) is 45.8 Å². The fourth-order valence-corrected chi connectivity index (χ4v) is 1.36. The second-order valence-corrected chi connectivity index (χ2v) is 3.64. The second kappa shape index (κ2) is 4.77. The predicted molar refractivity (Wildman–Crippen MR) is 65.2 cm³/mol. The van der Waals surface area contributed by atoms with Crippen molar-refractivity contribution in [2.75, 3.05) is 0 Å². The highest BCUT2D eigenvalue weighted by Gasteiger charge is 1.90. The van der Waals surface area contributed by atoms with Crippen LogP contribution in [-0.2, 0) is 0 Å². The monoisotopic (exact) mass is 232 g/mol. The number of halogens is 1. The van der Waals surface area contributed by atoms with Gasteiger partial charge in [-0.25, -0.2) is 4.79 Å². The summed E-state index contributed by atoms with van der Waals surface area (Å²) in [7, 11) is 0. The fourth-order valence-electron chi connectivity index (χ4n) is 1.23. The van der Waals surface area contributed by atoms with Gasteiger partial charge in [-0.05, 0) is 29.8 Å². The van der Waals surface area contributed by atoms with Crippen molar-refractivity contribution in [1.29, 1.82) is 0 Å². The van der Waals surface area contributed by atoms with Gasteiger partial charge in [0.25, 0.3) is 0 Å². The van der Waals surface area contributed by atoms with Crippen molar-refractivity contribution < 1.29 is 0 Å². The SMILES string of the molecule is O=c1nc(/C=C/c2ccc(Cl)cc2)cc[nH]1. The Morgan fingerprint density at radius 3 is 2.56 bits per heavy atom. The Balaban J connectivity index is 2.21. The lowest BCUT2D eigenvalue weighted by atomic mass is 10.2. The van der Waals surface area contributed by atoms with Crippen molar-refractivity contribution in [1.82, 2.24) is 9.97 Å². The van der Waals surface area contributed by atoms with E-state index in [2.05, 4.69) is 9.97 Å². The van der Waals surface area contributed by atoms with Gasteiger partial charge in [0, 0.05) is 11.2 Å². The summed E-state index contributed by atoms with van der Waals surface area (Å²) >= 11 is 5.77. The lowest BCUT2D eigenvalue weighted by Crippen LogP contribution is -2.09. The summed E-state index contributed by atoms with van der Waals surface area (Å²) in [6.45, 7) is 0. The summed E-state index contributed by atoms with van der Waals surface area (Å²) in [5, 5.41) is 0.700. The molecule has 0 aliphatic carbocycles. The maximum atomic E-state index is 10.9. The molecule has 80 valence electrons. The minimum absolute atomic E-state index is 0.349. The highest BCUT2D eigenvalue weighted by Crippen LogP contribution is 2.11. The van der Waals surface area contributed by atoms with Gasteiger partial charge in [-0.2, -0.15) is 4.98 Å². The molecule has 0 spiro atoms. The smallest absolute Gasteiger partial charge is 0.313 e. The Labute approximate surface area is 97.4 Å². The molecule has 2 rings (SSSR count). The van der Waals surface area contributed by atoms with Gasteiger partial charge in [0.1, 0.15) is 0 Å². The largest absolute Gasteiger partial charge is 0.345 e. The van der Waals surface area contributed by atoms with Crippen molar-refractivity contribution in [3.05, 3.63) is 63.3 Å². The minimum Gasteiger partial charge on any atom is -0.313 e. The van der Waals surface area contributed by atoms with E-state index in [4.69, 9.17) is 11.6 Å². The quantitative estimate of drug-likeness (QED) is 0.865. The van der Waals surface area contributed by atoms with Crippen LogP contribution >= 0.6 is 11.6 Å². The molecule has 4 heteroatoms. The molecule has 0 aliphatic rings. The van der Waals surface area contributed by atoms with E-state index in [9.17, 15) is 4.79 Å². The molecule has 1 aromatic carbocycles. The summed E-state index contributed by atoms with van der Waals surface area (Å²) in [6.07, 6.45) is 5.22. The average Bonchev–Trinajstić information content (AvgIpc) is 2.28. The molecule has 0 saturated carbocycles. The number of H-pyrrole nitrogens is 1. The van der Waals surface area contributed by atoms with Gasteiger partial charge in [-0.3, -0.25) is 0 Å². The zero-order chi connectivity index (χ0) is 11.4. The highest BCUT2D eigenvalue weighted by atomic mass is 35.5. The zero-order valence-corrected chi connectivity index (χ0v) is 9.11. The molecule has 2 aromatic rings. The number of nitrogens with zero attached hydrogens (tertiary/aromatic N) is 1. The van der Waals surface area contributed by atoms with E-state index in [-0.39, 0.29) is 5.69 Å². The molecule has 0 fully saturated rings. The molecule has 0 saturated heterocycles. The number of aromatic nitrogens is 2. The van der Waals surface area contributed by atoms with Crippen LogP contribution in [0.25, 0.3) is 12.2 Å². The van der Waals surface area contributed by atoms with Crippen LogP contribution < -0.4 is 5.69 Å². The molecule has 3 nitrogen and oxygen atoms in total. The van der Waals surface area contributed by atoms with E-state index < -0.39 is 0 Å². The molecule has 0 amide bonds. The molecule has 0 radical (unpaired) electrons. The number of hydrogen-bond donors (Lipinski definition) is 1. The first-order chi connectivity index (χ1) is 7.74. The Kier molecular flexibility index (Phi) is 3.17. The minimum atomic E-state index is -0.349. The third-order valence-corrected chi connectivity index (χ3v) is 2.26. The Morgan fingerprint density at radius 2 is 1.88 bits per heavy atom. The van der Waals surface area contributed by atoms with E-state index in [1.54, 1.807) is 18.3 Å². The van der Waals surface area contributed by atoms with Crippen LogP contribution in [0.5, 0.6) is 0 Å². The van der Waals surface area contributed by atoms with Crippen molar-refractivity contribution >= 4 is 23.8 Å². The third kappa shape index (κ3) is 2.81. The van der Waals surface area contributed by atoms with Crippen LogP contribution in [0.2, 0.25) is 5.02 Å². The first-order valence-electron chi connectivity index (χ1n) is 4.73. The second-order valence-electron chi connectivity index (χ2n) is 3.20. The maximum absolute atomic E-state index is 10.9. The van der Waals surface area contributed by atoms with Crippen LogP contribution in [0.4, 0.5) is 0 Å². The van der Waals surface area contributed by atoms with Gasteiger partial charge in [0.2, 0.25) is 0 Å².